The highest BCUT2D eigenvalue weighted by molar-refractivity contribution is 7.15. The van der Waals surface area contributed by atoms with Gasteiger partial charge in [-0.15, -0.1) is 11.3 Å². The Kier molecular flexibility index (Phi) is 7.28. The third-order valence-electron chi connectivity index (χ3n) is 4.23. The molecule has 1 heterocycles. The molecular formula is C20H21F6N3O2S. The number of anilines is 1. The van der Waals surface area contributed by atoms with E-state index in [1.54, 1.807) is 20.8 Å². The Bertz CT molecular complexity index is 960. The molecule has 12 heteroatoms. The lowest BCUT2D eigenvalue weighted by molar-refractivity contribution is -0.143. The summed E-state index contributed by atoms with van der Waals surface area (Å²) in [5.74, 6) is -0.910. The molecular weight excluding hydrogens is 460 g/mol. The minimum absolute atomic E-state index is 0.0646. The van der Waals surface area contributed by atoms with E-state index in [1.165, 1.54) is 13.1 Å². The Balaban J connectivity index is 2.15. The van der Waals surface area contributed by atoms with Gasteiger partial charge in [0.1, 0.15) is 6.04 Å². The maximum atomic E-state index is 13.0. The van der Waals surface area contributed by atoms with Crippen molar-refractivity contribution in [3.05, 3.63) is 46.0 Å². The molecule has 1 aromatic heterocycles. The van der Waals surface area contributed by atoms with Crippen molar-refractivity contribution in [2.45, 2.75) is 52.5 Å². The van der Waals surface area contributed by atoms with Crippen LogP contribution in [0.3, 0.4) is 0 Å². The van der Waals surface area contributed by atoms with Crippen molar-refractivity contribution < 1.29 is 35.9 Å². The lowest BCUT2D eigenvalue weighted by atomic mass is 9.95. The fraction of sp³-hybridized carbons (Fsp3) is 0.450. The average molecular weight is 481 g/mol. The van der Waals surface area contributed by atoms with E-state index < -0.39 is 40.8 Å². The molecule has 2 amide bonds. The van der Waals surface area contributed by atoms with Crippen LogP contribution in [0.1, 0.15) is 49.3 Å². The number of nitrogens with zero attached hydrogens (tertiary/aromatic N) is 1. The first-order valence-electron chi connectivity index (χ1n) is 9.31. The second kappa shape index (κ2) is 9.08. The Hall–Kier alpha value is -2.63. The van der Waals surface area contributed by atoms with Crippen LogP contribution in [0.4, 0.5) is 31.5 Å². The van der Waals surface area contributed by atoms with Crippen molar-refractivity contribution >= 4 is 28.3 Å². The summed E-state index contributed by atoms with van der Waals surface area (Å²) in [6, 6.07) is 0.482. The van der Waals surface area contributed by atoms with Gasteiger partial charge in [-0.05, 0) is 30.7 Å². The highest BCUT2D eigenvalue weighted by Crippen LogP contribution is 2.37. The normalized spacial score (nSPS) is 13.6. The number of aromatic nitrogens is 1. The number of alkyl halides is 6. The van der Waals surface area contributed by atoms with Gasteiger partial charge in [-0.25, -0.2) is 4.98 Å². The van der Waals surface area contributed by atoms with Crippen molar-refractivity contribution in [2.75, 3.05) is 5.32 Å². The zero-order valence-corrected chi connectivity index (χ0v) is 18.4. The number of hydrogen-bond donors (Lipinski definition) is 2. The van der Waals surface area contributed by atoms with Crippen LogP contribution in [-0.4, -0.2) is 22.8 Å². The van der Waals surface area contributed by atoms with Gasteiger partial charge in [0.05, 0.1) is 11.1 Å². The fourth-order valence-electron chi connectivity index (χ4n) is 2.46. The molecule has 0 saturated carbocycles. The van der Waals surface area contributed by atoms with Gasteiger partial charge in [0, 0.05) is 22.9 Å². The standard InChI is InChI=1S/C20H21F6N3O2S/c1-10(28-16(31)18(2,3)4)15(30)29-17-27-9-14(32-17)7-11-5-12(19(21,22)23)8-13(6-11)20(24,25)26/h5-6,8-10H,7H2,1-4H3,(H,28,31)(H,27,29,30). The zero-order valence-electron chi connectivity index (χ0n) is 17.5. The van der Waals surface area contributed by atoms with E-state index >= 15 is 0 Å². The molecule has 0 bridgehead atoms. The van der Waals surface area contributed by atoms with E-state index in [-0.39, 0.29) is 29.1 Å². The highest BCUT2D eigenvalue weighted by atomic mass is 32.1. The minimum atomic E-state index is -4.93. The third-order valence-corrected chi connectivity index (χ3v) is 5.14. The fourth-order valence-corrected chi connectivity index (χ4v) is 3.31. The number of hydrogen-bond acceptors (Lipinski definition) is 4. The monoisotopic (exact) mass is 481 g/mol. The maximum absolute atomic E-state index is 13.0. The molecule has 0 saturated heterocycles. The second-order valence-electron chi connectivity index (χ2n) is 8.16. The quantitative estimate of drug-likeness (QED) is 0.573. The molecule has 32 heavy (non-hydrogen) atoms. The predicted octanol–water partition coefficient (Wildman–Crippen LogP) is 5.26. The van der Waals surface area contributed by atoms with E-state index in [1.807, 2.05) is 0 Å². The largest absolute Gasteiger partial charge is 0.416 e. The minimum Gasteiger partial charge on any atom is -0.344 e. The van der Waals surface area contributed by atoms with Crippen molar-refractivity contribution in [3.8, 4) is 0 Å². The van der Waals surface area contributed by atoms with Crippen LogP contribution in [0, 0.1) is 5.41 Å². The molecule has 176 valence electrons. The first-order chi connectivity index (χ1) is 14.5. The van der Waals surface area contributed by atoms with E-state index in [0.29, 0.717) is 17.0 Å². The van der Waals surface area contributed by atoms with Crippen molar-refractivity contribution in [2.24, 2.45) is 5.41 Å². The SMILES string of the molecule is CC(NC(=O)C(C)(C)C)C(=O)Nc1ncc(Cc2cc(C(F)(F)F)cc(C(F)(F)F)c2)s1. The lowest BCUT2D eigenvalue weighted by Gasteiger charge is -2.21. The summed E-state index contributed by atoms with van der Waals surface area (Å²) < 4.78 is 78.0. The number of halogens is 6. The first kappa shape index (κ1) is 25.6. The van der Waals surface area contributed by atoms with Crippen LogP contribution < -0.4 is 10.6 Å². The summed E-state index contributed by atoms with van der Waals surface area (Å²) in [4.78, 5) is 28.5. The van der Waals surface area contributed by atoms with Crippen LogP contribution in [0.15, 0.2) is 24.4 Å². The molecule has 0 aliphatic heterocycles. The average Bonchev–Trinajstić information content (AvgIpc) is 3.05. The maximum Gasteiger partial charge on any atom is 0.416 e. The Morgan fingerprint density at radius 3 is 2.00 bits per heavy atom. The molecule has 1 unspecified atom stereocenters. The third kappa shape index (κ3) is 6.94. The molecule has 0 fully saturated rings. The van der Waals surface area contributed by atoms with Gasteiger partial charge in [-0.1, -0.05) is 20.8 Å². The molecule has 0 spiro atoms. The summed E-state index contributed by atoms with van der Waals surface area (Å²) in [6.07, 6.45) is -8.85. The molecule has 0 aliphatic carbocycles. The van der Waals surface area contributed by atoms with Crippen molar-refractivity contribution in [1.29, 1.82) is 0 Å². The number of thiazole rings is 1. The molecule has 2 aromatic rings. The Morgan fingerprint density at radius 2 is 1.53 bits per heavy atom. The summed E-state index contributed by atoms with van der Waals surface area (Å²) in [5.41, 5.74) is -3.70. The van der Waals surface area contributed by atoms with Gasteiger partial charge < -0.3 is 10.6 Å². The van der Waals surface area contributed by atoms with E-state index in [2.05, 4.69) is 15.6 Å². The number of nitrogens with one attached hydrogen (secondary N) is 2. The molecule has 5 nitrogen and oxygen atoms in total. The topological polar surface area (TPSA) is 71.1 Å². The summed E-state index contributed by atoms with van der Waals surface area (Å²) in [7, 11) is 0. The molecule has 0 radical (unpaired) electrons. The number of benzene rings is 1. The number of amides is 2. The predicted molar refractivity (Wildman–Crippen MR) is 107 cm³/mol. The summed E-state index contributed by atoms with van der Waals surface area (Å²) >= 11 is 0.906. The van der Waals surface area contributed by atoms with Crippen LogP contribution >= 0.6 is 11.3 Å². The summed E-state index contributed by atoms with van der Waals surface area (Å²) in [6.45, 7) is 6.50. The number of carbonyl (C=O) groups excluding carboxylic acids is 2. The van der Waals surface area contributed by atoms with Gasteiger partial charge in [0.25, 0.3) is 0 Å². The summed E-state index contributed by atoms with van der Waals surface area (Å²) in [5, 5.41) is 5.11. The van der Waals surface area contributed by atoms with Gasteiger partial charge in [-0.2, -0.15) is 26.3 Å². The molecule has 2 N–H and O–H groups in total. The zero-order chi connectivity index (χ0) is 24.5. The molecule has 1 aromatic carbocycles. The molecule has 2 rings (SSSR count). The van der Waals surface area contributed by atoms with Gasteiger partial charge in [-0.3, -0.25) is 9.59 Å². The Morgan fingerprint density at radius 1 is 1.00 bits per heavy atom. The smallest absolute Gasteiger partial charge is 0.344 e. The van der Waals surface area contributed by atoms with Crippen LogP contribution in [0.2, 0.25) is 0 Å². The number of rotatable bonds is 5. The van der Waals surface area contributed by atoms with E-state index in [9.17, 15) is 35.9 Å². The van der Waals surface area contributed by atoms with Gasteiger partial charge in [0.15, 0.2) is 5.13 Å². The van der Waals surface area contributed by atoms with Gasteiger partial charge >= 0.3 is 12.4 Å². The van der Waals surface area contributed by atoms with Crippen LogP contribution in [-0.2, 0) is 28.4 Å². The van der Waals surface area contributed by atoms with Crippen LogP contribution in [0.25, 0.3) is 0 Å². The second-order valence-corrected chi connectivity index (χ2v) is 9.27. The number of carbonyl (C=O) groups is 2. The first-order valence-corrected chi connectivity index (χ1v) is 10.1. The van der Waals surface area contributed by atoms with Crippen LogP contribution in [0.5, 0.6) is 0 Å². The van der Waals surface area contributed by atoms with Crippen molar-refractivity contribution in [3.63, 3.8) is 0 Å². The molecule has 1 atom stereocenters. The lowest BCUT2D eigenvalue weighted by Crippen LogP contribution is -2.46. The highest BCUT2D eigenvalue weighted by Gasteiger charge is 2.37. The van der Waals surface area contributed by atoms with E-state index in [4.69, 9.17) is 0 Å². The molecule has 0 aliphatic rings. The van der Waals surface area contributed by atoms with Gasteiger partial charge in [0.2, 0.25) is 11.8 Å². The van der Waals surface area contributed by atoms with Crippen molar-refractivity contribution in [1.82, 2.24) is 10.3 Å². The Labute approximate surface area is 184 Å². The van der Waals surface area contributed by atoms with E-state index in [0.717, 1.165) is 11.3 Å².